The van der Waals surface area contributed by atoms with E-state index in [1.165, 1.54) is 17.6 Å². The third kappa shape index (κ3) is 5.80. The van der Waals surface area contributed by atoms with Crippen molar-refractivity contribution in [2.24, 2.45) is 5.16 Å². The average molecular weight is 385 g/mol. The van der Waals surface area contributed by atoms with E-state index in [0.717, 1.165) is 20.2 Å². The topological polar surface area (TPSA) is 105 Å². The summed E-state index contributed by atoms with van der Waals surface area (Å²) in [6.45, 7) is 2.00. The number of nitrogens with zero attached hydrogens (tertiary/aromatic N) is 3. The number of anilines is 1. The van der Waals surface area contributed by atoms with Crippen LogP contribution in [0.25, 0.3) is 10.2 Å². The molecule has 0 aliphatic carbocycles. The summed E-state index contributed by atoms with van der Waals surface area (Å²) in [4.78, 5) is 17.0. The zero-order chi connectivity index (χ0) is 17.9. The Morgan fingerprint density at radius 2 is 2.17 bits per heavy atom. The van der Waals surface area contributed by atoms with E-state index in [1.54, 1.807) is 23.8 Å². The molecule has 0 saturated carbocycles. The Hall–Kier alpha value is -2.17. The van der Waals surface area contributed by atoms with Crippen molar-refractivity contribution in [1.29, 1.82) is 0 Å². The lowest BCUT2D eigenvalue weighted by Gasteiger charge is -1.93. The maximum Gasteiger partial charge on any atom is 0.183 e. The van der Waals surface area contributed by atoms with Crippen molar-refractivity contribution in [1.82, 2.24) is 9.97 Å². The second kappa shape index (κ2) is 10.6. The molecule has 0 radical (unpaired) electrons. The third-order valence-electron chi connectivity index (χ3n) is 2.53. The van der Waals surface area contributed by atoms with Crippen LogP contribution in [0.5, 0.6) is 0 Å². The Bertz CT molecular complexity index is 803. The van der Waals surface area contributed by atoms with Crippen LogP contribution in [0.2, 0.25) is 0 Å². The molecule has 2 heterocycles. The summed E-state index contributed by atoms with van der Waals surface area (Å²) in [5, 5.41) is 17.2. The van der Waals surface area contributed by atoms with Crippen molar-refractivity contribution in [3.05, 3.63) is 34.8 Å². The van der Waals surface area contributed by atoms with Crippen LogP contribution in [-0.4, -0.2) is 45.7 Å². The Morgan fingerprint density at radius 1 is 1.42 bits per heavy atom. The van der Waals surface area contributed by atoms with Crippen molar-refractivity contribution in [2.75, 3.05) is 18.6 Å². The highest BCUT2D eigenvalue weighted by Crippen LogP contribution is 2.27. The first kappa shape index (κ1) is 19.9. The van der Waals surface area contributed by atoms with Crippen LogP contribution in [-0.2, 0) is 15.6 Å². The Balaban J connectivity index is 0.000000245. The molecule has 7 nitrogen and oxygen atoms in total. The smallest absolute Gasteiger partial charge is 0.183 e. The first-order valence-corrected chi connectivity index (χ1v) is 9.67. The number of carbonyl (C=O) groups excluding carboxylic acids is 1. The molecular formula is C14H16N4O3S3. The van der Waals surface area contributed by atoms with E-state index >= 15 is 0 Å². The zero-order valence-electron chi connectivity index (χ0n) is 13.0. The van der Waals surface area contributed by atoms with Gasteiger partial charge in [-0.05, 0) is 18.2 Å². The lowest BCUT2D eigenvalue weighted by Crippen LogP contribution is -1.85. The van der Waals surface area contributed by atoms with Gasteiger partial charge in [0.05, 0.1) is 10.2 Å². The molecule has 1 aromatic carbocycles. The molecule has 128 valence electrons. The van der Waals surface area contributed by atoms with Gasteiger partial charge in [-0.2, -0.15) is 0 Å². The first-order chi connectivity index (χ1) is 11.6. The number of fused-ring (bicyclic) bond motifs is 1. The van der Waals surface area contributed by atoms with Crippen LogP contribution in [0, 0.1) is 0 Å². The number of oxime groups is 1. The summed E-state index contributed by atoms with van der Waals surface area (Å²) in [6, 6.07) is 5.70. The van der Waals surface area contributed by atoms with E-state index in [9.17, 15) is 4.21 Å². The molecule has 24 heavy (non-hydrogen) atoms. The highest BCUT2D eigenvalue weighted by atomic mass is 32.2. The standard InChI is InChI=1S/C9H10N2OS2.C4H4N2OS.CH2O/c1-10-9-11-7-4-3-6(14(2)12)5-8(7)13-9;7-6-3-4-5-1-2-8-4;1-2/h3-5H,1-2H3,(H,10,11);1-3,7H;1H2/b;6-3+;. The minimum absolute atomic E-state index is 0.715. The summed E-state index contributed by atoms with van der Waals surface area (Å²) in [5.74, 6) is 0. The van der Waals surface area contributed by atoms with Gasteiger partial charge in [-0.15, -0.1) is 11.3 Å². The van der Waals surface area contributed by atoms with Crippen LogP contribution in [0.1, 0.15) is 5.01 Å². The molecule has 0 aliphatic heterocycles. The molecule has 3 rings (SSSR count). The molecule has 0 aliphatic rings. The van der Waals surface area contributed by atoms with Crippen molar-refractivity contribution in [2.45, 2.75) is 4.90 Å². The average Bonchev–Trinajstić information content (AvgIpc) is 3.25. The number of benzene rings is 1. The zero-order valence-corrected chi connectivity index (χ0v) is 15.5. The predicted octanol–water partition coefficient (Wildman–Crippen LogP) is 2.84. The summed E-state index contributed by atoms with van der Waals surface area (Å²) in [6.07, 6.45) is 4.63. The van der Waals surface area contributed by atoms with Crippen LogP contribution in [0.3, 0.4) is 0 Å². The van der Waals surface area contributed by atoms with Gasteiger partial charge in [0, 0.05) is 40.6 Å². The van der Waals surface area contributed by atoms with Crippen molar-refractivity contribution in [3.63, 3.8) is 0 Å². The van der Waals surface area contributed by atoms with Crippen LogP contribution < -0.4 is 5.32 Å². The molecule has 1 unspecified atom stereocenters. The van der Waals surface area contributed by atoms with Crippen LogP contribution >= 0.6 is 22.7 Å². The highest BCUT2D eigenvalue weighted by Gasteiger charge is 2.04. The Kier molecular flexibility index (Phi) is 8.76. The molecule has 0 spiro atoms. The molecule has 0 bridgehead atoms. The van der Waals surface area contributed by atoms with Crippen LogP contribution in [0.4, 0.5) is 5.13 Å². The van der Waals surface area contributed by atoms with Crippen molar-refractivity contribution >= 4 is 61.8 Å². The molecule has 0 amide bonds. The molecule has 0 saturated heterocycles. The van der Waals surface area contributed by atoms with Gasteiger partial charge in [-0.25, -0.2) is 9.97 Å². The van der Waals surface area contributed by atoms with Gasteiger partial charge in [0.25, 0.3) is 0 Å². The van der Waals surface area contributed by atoms with Gasteiger partial charge in [0.2, 0.25) is 0 Å². The minimum atomic E-state index is -0.919. The molecule has 0 fully saturated rings. The fourth-order valence-corrected chi connectivity index (χ4v) is 3.51. The number of hydrogen-bond donors (Lipinski definition) is 2. The second-order valence-electron chi connectivity index (χ2n) is 3.97. The summed E-state index contributed by atoms with van der Waals surface area (Å²) in [7, 11) is 0.925. The van der Waals surface area contributed by atoms with Gasteiger partial charge < -0.3 is 15.3 Å². The lowest BCUT2D eigenvalue weighted by atomic mass is 10.3. The molecule has 2 aromatic heterocycles. The van der Waals surface area contributed by atoms with E-state index in [-0.39, 0.29) is 0 Å². The predicted molar refractivity (Wildman–Crippen MR) is 100 cm³/mol. The normalized spacial score (nSPS) is 11.2. The maximum absolute atomic E-state index is 11.2. The van der Waals surface area contributed by atoms with E-state index < -0.39 is 10.8 Å². The molecule has 3 aromatic rings. The molecule has 1 atom stereocenters. The van der Waals surface area contributed by atoms with E-state index in [0.29, 0.717) is 5.01 Å². The number of rotatable bonds is 3. The van der Waals surface area contributed by atoms with Gasteiger partial charge in [-0.3, -0.25) is 4.21 Å². The minimum Gasteiger partial charge on any atom is -0.411 e. The van der Waals surface area contributed by atoms with E-state index in [2.05, 4.69) is 20.4 Å². The Morgan fingerprint density at radius 3 is 2.71 bits per heavy atom. The molecular weight excluding hydrogens is 368 g/mol. The van der Waals surface area contributed by atoms with Crippen LogP contribution in [0.15, 0.2) is 39.8 Å². The number of aromatic nitrogens is 2. The van der Waals surface area contributed by atoms with E-state index in [4.69, 9.17) is 10.0 Å². The number of nitrogens with one attached hydrogen (secondary N) is 1. The van der Waals surface area contributed by atoms with Crippen molar-refractivity contribution < 1.29 is 14.2 Å². The largest absolute Gasteiger partial charge is 0.411 e. The molecule has 10 heteroatoms. The van der Waals surface area contributed by atoms with Crippen molar-refractivity contribution in [3.8, 4) is 0 Å². The number of thiazole rings is 2. The van der Waals surface area contributed by atoms with Gasteiger partial charge in [0.15, 0.2) is 5.13 Å². The molecule has 2 N–H and O–H groups in total. The van der Waals surface area contributed by atoms with Gasteiger partial charge in [0.1, 0.15) is 18.0 Å². The quantitative estimate of drug-likeness (QED) is 0.409. The first-order valence-electron chi connectivity index (χ1n) is 6.41. The summed E-state index contributed by atoms with van der Waals surface area (Å²) < 4.78 is 12.3. The SMILES string of the molecule is C=O.CNc1nc2ccc(S(C)=O)cc2s1.O/N=C/c1nccs1. The van der Waals surface area contributed by atoms with Gasteiger partial charge >= 0.3 is 0 Å². The summed E-state index contributed by atoms with van der Waals surface area (Å²) in [5.41, 5.74) is 0.952. The highest BCUT2D eigenvalue weighted by molar-refractivity contribution is 7.84. The fourth-order valence-electron chi connectivity index (χ4n) is 1.54. The monoisotopic (exact) mass is 384 g/mol. The van der Waals surface area contributed by atoms with E-state index in [1.807, 2.05) is 37.4 Å². The fraction of sp³-hybridized carbons (Fsp3) is 0.143. The third-order valence-corrected chi connectivity index (χ3v) is 5.19. The Labute approximate surface area is 149 Å². The number of carbonyl (C=O) groups is 1. The van der Waals surface area contributed by atoms with Gasteiger partial charge in [-0.1, -0.05) is 16.5 Å². The maximum atomic E-state index is 11.2. The lowest BCUT2D eigenvalue weighted by molar-refractivity contribution is -0.0979. The summed E-state index contributed by atoms with van der Waals surface area (Å²) >= 11 is 3.00. The number of hydrogen-bond acceptors (Lipinski definition) is 9. The second-order valence-corrected chi connectivity index (χ2v) is 7.30.